The van der Waals surface area contributed by atoms with Gasteiger partial charge in [0.15, 0.2) is 0 Å². The molecule has 0 fully saturated rings. The molecular formula is C20H17Cl2NO4S2. The minimum absolute atomic E-state index is 0.0870. The van der Waals surface area contributed by atoms with Gasteiger partial charge in [-0.15, -0.1) is 0 Å². The van der Waals surface area contributed by atoms with Gasteiger partial charge in [0, 0.05) is 6.54 Å². The molecule has 0 heterocycles. The fourth-order valence-corrected chi connectivity index (χ4v) is 5.45. The topological polar surface area (TPSA) is 80.3 Å². The van der Waals surface area contributed by atoms with Gasteiger partial charge >= 0.3 is 0 Å². The lowest BCUT2D eigenvalue weighted by molar-refractivity contribution is 0.581. The van der Waals surface area contributed by atoms with Crippen LogP contribution in [0, 0.1) is 0 Å². The molecule has 1 N–H and O–H groups in total. The van der Waals surface area contributed by atoms with E-state index in [2.05, 4.69) is 4.72 Å². The first-order valence-electron chi connectivity index (χ1n) is 8.54. The van der Waals surface area contributed by atoms with E-state index in [-0.39, 0.29) is 21.2 Å². The highest BCUT2D eigenvalue weighted by atomic mass is 35.5. The van der Waals surface area contributed by atoms with Gasteiger partial charge in [0.1, 0.15) is 0 Å². The highest BCUT2D eigenvalue weighted by molar-refractivity contribution is 7.91. The van der Waals surface area contributed by atoms with Gasteiger partial charge in [-0.25, -0.2) is 21.6 Å². The second-order valence-corrected chi connectivity index (χ2v) is 10.7. The van der Waals surface area contributed by atoms with Gasteiger partial charge in [-0.2, -0.15) is 0 Å². The average Bonchev–Trinajstić information content (AvgIpc) is 2.71. The summed E-state index contributed by atoms with van der Waals surface area (Å²) in [6.07, 6.45) is 0.401. The Hall–Kier alpha value is -1.90. The van der Waals surface area contributed by atoms with Crippen LogP contribution >= 0.6 is 23.2 Å². The number of halogens is 2. The zero-order valence-electron chi connectivity index (χ0n) is 15.0. The van der Waals surface area contributed by atoms with Crippen LogP contribution in [0.4, 0.5) is 0 Å². The molecule has 0 atom stereocenters. The number of rotatable bonds is 7. The fourth-order valence-electron chi connectivity index (χ4n) is 2.65. The average molecular weight is 470 g/mol. The van der Waals surface area contributed by atoms with E-state index in [0.29, 0.717) is 16.5 Å². The molecule has 3 aromatic carbocycles. The van der Waals surface area contributed by atoms with Gasteiger partial charge in [-0.1, -0.05) is 53.5 Å². The molecule has 9 heteroatoms. The van der Waals surface area contributed by atoms with Gasteiger partial charge in [0.25, 0.3) is 0 Å². The first kappa shape index (κ1) is 21.8. The minimum atomic E-state index is -3.89. The molecule has 3 aromatic rings. The Balaban J connectivity index is 1.77. The Kier molecular flexibility index (Phi) is 6.65. The first-order chi connectivity index (χ1) is 13.7. The quantitative estimate of drug-likeness (QED) is 0.557. The van der Waals surface area contributed by atoms with Crippen molar-refractivity contribution in [3.8, 4) is 0 Å². The Labute approximate surface area is 180 Å². The Bertz CT molecular complexity index is 1230. The van der Waals surface area contributed by atoms with E-state index in [1.165, 1.54) is 30.3 Å². The van der Waals surface area contributed by atoms with E-state index in [4.69, 9.17) is 23.2 Å². The summed E-state index contributed by atoms with van der Waals surface area (Å²) < 4.78 is 53.2. The van der Waals surface area contributed by atoms with E-state index in [1.807, 2.05) is 0 Å². The number of sulfone groups is 1. The third-order valence-electron chi connectivity index (χ3n) is 4.17. The van der Waals surface area contributed by atoms with Gasteiger partial charge < -0.3 is 0 Å². The van der Waals surface area contributed by atoms with Crippen LogP contribution in [-0.2, 0) is 26.3 Å². The molecule has 0 saturated carbocycles. The van der Waals surface area contributed by atoms with E-state index < -0.39 is 19.9 Å². The molecule has 152 valence electrons. The third-order valence-corrected chi connectivity index (χ3v) is 8.13. The molecule has 0 saturated heterocycles. The summed E-state index contributed by atoms with van der Waals surface area (Å²) in [5, 5.41) is 0.818. The molecule has 0 aromatic heterocycles. The van der Waals surface area contributed by atoms with Crippen molar-refractivity contribution in [3.63, 3.8) is 0 Å². The van der Waals surface area contributed by atoms with Crippen LogP contribution in [0.1, 0.15) is 5.56 Å². The lowest BCUT2D eigenvalue weighted by Gasteiger charge is -2.10. The number of benzene rings is 3. The summed E-state index contributed by atoms with van der Waals surface area (Å²) in [4.78, 5) is -0.109. The molecule has 0 aliphatic heterocycles. The largest absolute Gasteiger partial charge is 0.240 e. The summed E-state index contributed by atoms with van der Waals surface area (Å²) in [6.45, 7) is 0.121. The molecule has 29 heavy (non-hydrogen) atoms. The van der Waals surface area contributed by atoms with Crippen molar-refractivity contribution in [1.82, 2.24) is 4.72 Å². The van der Waals surface area contributed by atoms with Gasteiger partial charge in [0.05, 0.1) is 24.7 Å². The van der Waals surface area contributed by atoms with Gasteiger partial charge in [-0.05, 0) is 54.4 Å². The zero-order valence-corrected chi connectivity index (χ0v) is 18.2. The van der Waals surface area contributed by atoms with Crippen molar-refractivity contribution in [2.45, 2.75) is 21.1 Å². The summed E-state index contributed by atoms with van der Waals surface area (Å²) in [5.74, 6) is 0. The van der Waals surface area contributed by atoms with E-state index in [9.17, 15) is 16.8 Å². The predicted molar refractivity (Wildman–Crippen MR) is 114 cm³/mol. The second-order valence-electron chi connectivity index (χ2n) is 6.19. The van der Waals surface area contributed by atoms with Gasteiger partial charge in [-0.3, -0.25) is 0 Å². The first-order valence-corrected chi connectivity index (χ1v) is 12.3. The summed E-state index contributed by atoms with van der Waals surface area (Å²) in [6, 6.07) is 18.2. The molecule has 5 nitrogen and oxygen atoms in total. The molecule has 0 unspecified atom stereocenters. The van der Waals surface area contributed by atoms with Gasteiger partial charge in [0.2, 0.25) is 19.9 Å². The SMILES string of the molecule is O=S(=O)(NCCc1ccc(Cl)c(Cl)c1)c1cccc(S(=O)(=O)c2ccccc2)c1. The summed E-state index contributed by atoms with van der Waals surface area (Å²) in [7, 11) is -7.70. The lowest BCUT2D eigenvalue weighted by Crippen LogP contribution is -2.26. The predicted octanol–water partition coefficient (Wildman–Crippen LogP) is 4.35. The van der Waals surface area contributed by atoms with Crippen molar-refractivity contribution >= 4 is 43.1 Å². The normalized spacial score (nSPS) is 12.1. The maximum absolute atomic E-state index is 12.7. The Morgan fingerprint density at radius 1 is 0.690 bits per heavy atom. The van der Waals surface area contributed by atoms with Crippen LogP contribution in [-0.4, -0.2) is 23.4 Å². The molecule has 3 rings (SSSR count). The molecule has 0 spiro atoms. The van der Waals surface area contributed by atoms with E-state index in [0.717, 1.165) is 11.6 Å². The van der Waals surface area contributed by atoms with Crippen LogP contribution in [0.3, 0.4) is 0 Å². The molecule has 0 aliphatic rings. The molecular weight excluding hydrogens is 453 g/mol. The molecule has 0 amide bonds. The third kappa shape index (κ3) is 5.18. The van der Waals surface area contributed by atoms with Crippen molar-refractivity contribution in [3.05, 3.63) is 88.4 Å². The second kappa shape index (κ2) is 8.85. The van der Waals surface area contributed by atoms with Crippen molar-refractivity contribution < 1.29 is 16.8 Å². The standard InChI is InChI=1S/C20H17Cl2NO4S2/c21-19-10-9-15(13-20(19)22)11-12-23-29(26,27)18-8-4-7-17(14-18)28(24,25)16-5-2-1-3-6-16/h1-10,13-14,23H,11-12H2. The van der Waals surface area contributed by atoms with Crippen LogP contribution < -0.4 is 4.72 Å². The number of hydrogen-bond acceptors (Lipinski definition) is 4. The summed E-state index contributed by atoms with van der Waals surface area (Å²) >= 11 is 11.8. The molecule has 0 radical (unpaired) electrons. The van der Waals surface area contributed by atoms with Crippen molar-refractivity contribution in [1.29, 1.82) is 0 Å². The number of hydrogen-bond donors (Lipinski definition) is 1. The monoisotopic (exact) mass is 469 g/mol. The Morgan fingerprint density at radius 3 is 2.03 bits per heavy atom. The lowest BCUT2D eigenvalue weighted by atomic mass is 10.1. The summed E-state index contributed by atoms with van der Waals surface area (Å²) in [5.41, 5.74) is 0.822. The van der Waals surface area contributed by atoms with E-state index >= 15 is 0 Å². The highest BCUT2D eigenvalue weighted by Crippen LogP contribution is 2.24. The molecule has 0 aliphatic carbocycles. The fraction of sp³-hybridized carbons (Fsp3) is 0.100. The zero-order chi connectivity index (χ0) is 21.1. The molecule has 0 bridgehead atoms. The number of nitrogens with one attached hydrogen (secondary N) is 1. The van der Waals surface area contributed by atoms with Crippen LogP contribution in [0.25, 0.3) is 0 Å². The van der Waals surface area contributed by atoms with Crippen LogP contribution in [0.2, 0.25) is 10.0 Å². The Morgan fingerprint density at radius 2 is 1.34 bits per heavy atom. The van der Waals surface area contributed by atoms with Crippen LogP contribution in [0.15, 0.2) is 87.5 Å². The van der Waals surface area contributed by atoms with Crippen LogP contribution in [0.5, 0.6) is 0 Å². The number of sulfonamides is 1. The smallest absolute Gasteiger partial charge is 0.219 e. The highest BCUT2D eigenvalue weighted by Gasteiger charge is 2.21. The maximum Gasteiger partial charge on any atom is 0.240 e. The minimum Gasteiger partial charge on any atom is -0.219 e. The van der Waals surface area contributed by atoms with E-state index in [1.54, 1.807) is 36.4 Å². The van der Waals surface area contributed by atoms with Crippen molar-refractivity contribution in [2.24, 2.45) is 0 Å². The maximum atomic E-state index is 12.7. The van der Waals surface area contributed by atoms with Crippen molar-refractivity contribution in [2.75, 3.05) is 6.54 Å².